The average Bonchev–Trinajstić information content (AvgIpc) is 2.16. The second-order valence-electron chi connectivity index (χ2n) is 2.62. The number of pyridine rings is 1. The summed E-state index contributed by atoms with van der Waals surface area (Å²) in [6.07, 6.45) is -0.812. The normalized spacial score (nSPS) is 11.3. The summed E-state index contributed by atoms with van der Waals surface area (Å²) in [6, 6.07) is 8.90. The summed E-state index contributed by atoms with van der Waals surface area (Å²) in [5.74, 6) is 0. The van der Waals surface area contributed by atoms with Crippen LogP contribution in [0.2, 0.25) is 5.15 Å². The third-order valence-electron chi connectivity index (χ3n) is 1.79. The van der Waals surface area contributed by atoms with E-state index >= 15 is 0 Å². The van der Waals surface area contributed by atoms with Gasteiger partial charge in [0.25, 0.3) is 0 Å². The molecule has 2 rings (SSSR count). The summed E-state index contributed by atoms with van der Waals surface area (Å²) in [5.41, 5.74) is 0.868. The maximum Gasteiger partial charge on any atom is 0.153 e. The van der Waals surface area contributed by atoms with E-state index in [0.29, 0.717) is 0 Å². The molecule has 0 aliphatic carbocycles. The fourth-order valence-electron chi connectivity index (χ4n) is 1.16. The van der Waals surface area contributed by atoms with Crippen molar-refractivity contribution in [3.63, 3.8) is 0 Å². The first kappa shape index (κ1) is 7.04. The van der Waals surface area contributed by atoms with Gasteiger partial charge < -0.3 is 0 Å². The Morgan fingerprint density at radius 3 is 3.00 bits per heavy atom. The molecule has 0 fully saturated rings. The number of fused-ring (bicyclic) bond motifs is 1. The molecule has 0 radical (unpaired) electrons. The zero-order valence-electron chi connectivity index (χ0n) is 7.62. The number of para-hydroxylation sites is 1. The predicted octanol–water partition coefficient (Wildman–Crippen LogP) is 2.70. The molecule has 64 valence electrons. The minimum Gasteiger partial charge on any atom is -0.298 e. The second kappa shape index (κ2) is 3.15. The van der Waals surface area contributed by atoms with E-state index in [9.17, 15) is 4.79 Å². The van der Waals surface area contributed by atoms with Crippen molar-refractivity contribution in [2.75, 3.05) is 0 Å². The highest BCUT2D eigenvalue weighted by Gasteiger charge is 2.02. The largest absolute Gasteiger partial charge is 0.298 e. The Morgan fingerprint density at radius 1 is 1.46 bits per heavy atom. The lowest BCUT2D eigenvalue weighted by molar-refractivity contribution is 0.112. The molecule has 0 aliphatic rings. The monoisotopic (exact) mass is 192 g/mol. The molecule has 0 saturated heterocycles. The van der Waals surface area contributed by atoms with Crippen LogP contribution in [0, 0.1) is 0 Å². The fourth-order valence-corrected chi connectivity index (χ4v) is 1.35. The highest BCUT2D eigenvalue weighted by atomic mass is 35.5. The van der Waals surface area contributed by atoms with E-state index in [1.54, 1.807) is 12.1 Å². The van der Waals surface area contributed by atoms with Crippen molar-refractivity contribution < 1.29 is 6.17 Å². The van der Waals surface area contributed by atoms with Gasteiger partial charge in [-0.05, 0) is 12.1 Å². The highest BCUT2D eigenvalue weighted by molar-refractivity contribution is 6.32. The van der Waals surface area contributed by atoms with Crippen molar-refractivity contribution in [3.8, 4) is 0 Å². The molecule has 0 saturated carbocycles. The van der Waals surface area contributed by atoms with Crippen molar-refractivity contribution in [2.45, 2.75) is 0 Å². The molecule has 13 heavy (non-hydrogen) atoms. The summed E-state index contributed by atoms with van der Waals surface area (Å²) < 4.78 is 6.97. The van der Waals surface area contributed by atoms with Gasteiger partial charge in [-0.3, -0.25) is 4.79 Å². The number of aromatic nitrogens is 1. The van der Waals surface area contributed by atoms with E-state index in [4.69, 9.17) is 13.0 Å². The number of nitrogens with zero attached hydrogens (tertiary/aromatic N) is 1. The molecule has 0 aliphatic heterocycles. The Morgan fingerprint density at radius 2 is 2.23 bits per heavy atom. The molecular weight excluding hydrogens is 186 g/mol. The number of carbonyl (C=O) groups is 1. The Kier molecular flexibility index (Phi) is 1.70. The van der Waals surface area contributed by atoms with Crippen LogP contribution in [0.1, 0.15) is 11.7 Å². The van der Waals surface area contributed by atoms with Crippen LogP contribution in [-0.2, 0) is 0 Å². The van der Waals surface area contributed by atoms with Gasteiger partial charge >= 0.3 is 0 Å². The third-order valence-corrected chi connectivity index (χ3v) is 2.08. The van der Waals surface area contributed by atoms with Gasteiger partial charge in [0.1, 0.15) is 6.52 Å². The summed E-state index contributed by atoms with van der Waals surface area (Å²) >= 11 is 5.75. The van der Waals surface area contributed by atoms with Crippen molar-refractivity contribution in [3.05, 3.63) is 41.0 Å². The predicted molar refractivity (Wildman–Crippen MR) is 52.1 cm³/mol. The Hall–Kier alpha value is -1.41. The lowest BCUT2D eigenvalue weighted by Gasteiger charge is -1.99. The summed E-state index contributed by atoms with van der Waals surface area (Å²) in [6.45, 7) is 0. The number of hydrogen-bond acceptors (Lipinski definition) is 2. The first-order chi connectivity index (χ1) is 6.68. The topological polar surface area (TPSA) is 30.0 Å². The number of rotatable bonds is 1. The van der Waals surface area contributed by atoms with Crippen molar-refractivity contribution >= 4 is 28.8 Å². The molecule has 1 aromatic carbocycles. The molecule has 0 bridgehead atoms. The molecule has 1 aromatic heterocycles. The maximum atomic E-state index is 10.9. The molecule has 1 heterocycles. The van der Waals surface area contributed by atoms with Crippen molar-refractivity contribution in [1.82, 2.24) is 4.98 Å². The average molecular weight is 193 g/mol. The van der Waals surface area contributed by atoms with Crippen LogP contribution in [0.25, 0.3) is 10.9 Å². The second-order valence-corrected chi connectivity index (χ2v) is 2.98. The lowest BCUT2D eigenvalue weighted by atomic mass is 10.2. The fraction of sp³-hybridized carbons (Fsp3) is 0. The maximum absolute atomic E-state index is 10.9. The molecule has 3 heteroatoms. The van der Waals surface area contributed by atoms with Gasteiger partial charge in [0.15, 0.2) is 6.26 Å². The molecular formula is C10H6ClNO. The quantitative estimate of drug-likeness (QED) is 0.514. The van der Waals surface area contributed by atoms with Crippen molar-refractivity contribution in [1.29, 1.82) is 0 Å². The lowest BCUT2D eigenvalue weighted by Crippen LogP contribution is -1.87. The van der Waals surface area contributed by atoms with Gasteiger partial charge in [-0.2, -0.15) is 0 Å². The van der Waals surface area contributed by atoms with Crippen LogP contribution in [0.3, 0.4) is 0 Å². The van der Waals surface area contributed by atoms with Crippen LogP contribution < -0.4 is 0 Å². The molecule has 0 unspecified atom stereocenters. The first-order valence-corrected chi connectivity index (χ1v) is 4.12. The van der Waals surface area contributed by atoms with Gasteiger partial charge in [-0.1, -0.05) is 29.8 Å². The molecule has 0 spiro atoms. The zero-order chi connectivity index (χ0) is 10.1. The SMILES string of the molecule is [2H]C(=O)c1cc2ccccc2nc1Cl. The van der Waals surface area contributed by atoms with Crippen LogP contribution in [0.4, 0.5) is 0 Å². The van der Waals surface area contributed by atoms with Crippen LogP contribution in [0.5, 0.6) is 0 Å². The number of halogens is 1. The molecule has 0 N–H and O–H groups in total. The number of carbonyl (C=O) groups excluding carboxylic acids is 1. The Labute approximate surface area is 81.6 Å². The molecule has 2 nitrogen and oxygen atoms in total. The zero-order valence-corrected chi connectivity index (χ0v) is 7.38. The van der Waals surface area contributed by atoms with E-state index in [1.165, 1.54) is 0 Å². The van der Waals surface area contributed by atoms with Crippen LogP contribution in [0.15, 0.2) is 30.3 Å². The van der Waals surface area contributed by atoms with Crippen LogP contribution in [-0.4, -0.2) is 11.2 Å². The first-order valence-electron chi connectivity index (χ1n) is 4.25. The standard InChI is InChI=1S/C10H6ClNO/c11-10-8(6-13)5-7-3-1-2-4-9(7)12-10/h1-6H/i6D. The Balaban J connectivity index is 2.77. The van der Waals surface area contributed by atoms with Gasteiger partial charge in [-0.15, -0.1) is 0 Å². The summed E-state index contributed by atoms with van der Waals surface area (Å²) in [7, 11) is 0. The molecule has 2 aromatic rings. The minimum absolute atomic E-state index is 0.0868. The minimum atomic E-state index is -0.812. The van der Waals surface area contributed by atoms with Gasteiger partial charge in [0.2, 0.25) is 0 Å². The summed E-state index contributed by atoms with van der Waals surface area (Å²) in [5, 5.41) is 0.899. The molecule has 0 amide bonds. The van der Waals surface area contributed by atoms with Gasteiger partial charge in [0, 0.05) is 5.39 Å². The van der Waals surface area contributed by atoms with E-state index in [0.717, 1.165) is 10.9 Å². The number of aldehydes is 1. The third kappa shape index (κ3) is 1.40. The van der Waals surface area contributed by atoms with E-state index in [1.807, 2.05) is 18.2 Å². The van der Waals surface area contributed by atoms with E-state index in [2.05, 4.69) is 4.98 Å². The Bertz CT molecular complexity index is 512. The van der Waals surface area contributed by atoms with E-state index < -0.39 is 6.26 Å². The van der Waals surface area contributed by atoms with Crippen molar-refractivity contribution in [2.24, 2.45) is 0 Å². The smallest absolute Gasteiger partial charge is 0.153 e. The number of benzene rings is 1. The number of hydrogen-bond donors (Lipinski definition) is 0. The van der Waals surface area contributed by atoms with E-state index in [-0.39, 0.29) is 10.7 Å². The van der Waals surface area contributed by atoms with Crippen LogP contribution >= 0.6 is 11.6 Å². The van der Waals surface area contributed by atoms with Gasteiger partial charge in [0.05, 0.1) is 11.1 Å². The summed E-state index contributed by atoms with van der Waals surface area (Å²) in [4.78, 5) is 14.9. The highest BCUT2D eigenvalue weighted by Crippen LogP contribution is 2.18. The molecule has 0 atom stereocenters. The van der Waals surface area contributed by atoms with Gasteiger partial charge in [-0.25, -0.2) is 4.98 Å².